The summed E-state index contributed by atoms with van der Waals surface area (Å²) in [7, 11) is 1.98. The zero-order valence-corrected chi connectivity index (χ0v) is 12.2. The lowest BCUT2D eigenvalue weighted by molar-refractivity contribution is 0.519. The highest BCUT2D eigenvalue weighted by atomic mass is 15.2. The SMILES string of the molecule is Cc1cc(C(Cc2nccn2C)NN)nc2ccccc12. The van der Waals surface area contributed by atoms with Gasteiger partial charge in [0.15, 0.2) is 0 Å². The number of para-hydroxylation sites is 1. The molecule has 0 fully saturated rings. The molecule has 0 amide bonds. The van der Waals surface area contributed by atoms with Crippen molar-refractivity contribution in [2.45, 2.75) is 19.4 Å². The maximum absolute atomic E-state index is 5.74. The lowest BCUT2D eigenvalue weighted by atomic mass is 10.0. The average molecular weight is 281 g/mol. The first-order valence-electron chi connectivity index (χ1n) is 6.97. The van der Waals surface area contributed by atoms with Crippen LogP contribution in [0.25, 0.3) is 10.9 Å². The summed E-state index contributed by atoms with van der Waals surface area (Å²) >= 11 is 0. The maximum atomic E-state index is 5.74. The number of fused-ring (bicyclic) bond motifs is 1. The minimum Gasteiger partial charge on any atom is -0.338 e. The molecule has 108 valence electrons. The van der Waals surface area contributed by atoms with Gasteiger partial charge >= 0.3 is 0 Å². The monoisotopic (exact) mass is 281 g/mol. The van der Waals surface area contributed by atoms with Crippen molar-refractivity contribution in [1.82, 2.24) is 20.0 Å². The van der Waals surface area contributed by atoms with Gasteiger partial charge in [0.1, 0.15) is 5.82 Å². The number of nitrogens with one attached hydrogen (secondary N) is 1. The van der Waals surface area contributed by atoms with E-state index in [1.165, 1.54) is 10.9 Å². The first-order chi connectivity index (χ1) is 10.2. The molecule has 0 aliphatic heterocycles. The van der Waals surface area contributed by atoms with Crippen molar-refractivity contribution in [2.75, 3.05) is 0 Å². The van der Waals surface area contributed by atoms with Crippen molar-refractivity contribution in [3.05, 3.63) is 59.8 Å². The fraction of sp³-hybridized carbons (Fsp3) is 0.250. The van der Waals surface area contributed by atoms with Gasteiger partial charge in [0.05, 0.1) is 17.3 Å². The van der Waals surface area contributed by atoms with Gasteiger partial charge in [-0.3, -0.25) is 16.3 Å². The van der Waals surface area contributed by atoms with Gasteiger partial charge in [0.25, 0.3) is 0 Å². The van der Waals surface area contributed by atoms with Crippen LogP contribution >= 0.6 is 0 Å². The largest absolute Gasteiger partial charge is 0.338 e. The quantitative estimate of drug-likeness (QED) is 0.567. The number of hydrogen-bond donors (Lipinski definition) is 2. The van der Waals surface area contributed by atoms with Crippen LogP contribution in [0.3, 0.4) is 0 Å². The summed E-state index contributed by atoms with van der Waals surface area (Å²) in [6.45, 7) is 2.10. The number of hydrogen-bond acceptors (Lipinski definition) is 4. The lowest BCUT2D eigenvalue weighted by Gasteiger charge is -2.17. The fourth-order valence-corrected chi connectivity index (χ4v) is 2.58. The second-order valence-electron chi connectivity index (χ2n) is 5.26. The molecule has 0 spiro atoms. The fourth-order valence-electron chi connectivity index (χ4n) is 2.58. The van der Waals surface area contributed by atoms with E-state index in [2.05, 4.69) is 29.5 Å². The predicted molar refractivity (Wildman–Crippen MR) is 83.5 cm³/mol. The molecule has 1 unspecified atom stereocenters. The number of aryl methyl sites for hydroxylation is 2. The molecule has 3 aromatic rings. The number of pyridine rings is 1. The molecule has 3 N–H and O–H groups in total. The standard InChI is InChI=1S/C16H19N5/c1-11-9-14(19-13-6-4-3-5-12(11)13)15(20-17)10-16-18-7-8-21(16)2/h3-9,15,20H,10,17H2,1-2H3. The summed E-state index contributed by atoms with van der Waals surface area (Å²) < 4.78 is 2.00. The summed E-state index contributed by atoms with van der Waals surface area (Å²) in [4.78, 5) is 9.09. The molecule has 0 radical (unpaired) electrons. The van der Waals surface area contributed by atoms with Crippen LogP contribution in [0, 0.1) is 6.92 Å². The van der Waals surface area contributed by atoms with Gasteiger partial charge in [0.2, 0.25) is 0 Å². The van der Waals surface area contributed by atoms with E-state index < -0.39 is 0 Å². The zero-order valence-electron chi connectivity index (χ0n) is 12.2. The summed E-state index contributed by atoms with van der Waals surface area (Å²) in [5.74, 6) is 6.72. The van der Waals surface area contributed by atoms with Crippen molar-refractivity contribution in [3.63, 3.8) is 0 Å². The van der Waals surface area contributed by atoms with E-state index in [9.17, 15) is 0 Å². The van der Waals surface area contributed by atoms with Crippen molar-refractivity contribution in [3.8, 4) is 0 Å². The van der Waals surface area contributed by atoms with E-state index >= 15 is 0 Å². The number of hydrazine groups is 1. The van der Waals surface area contributed by atoms with Crippen LogP contribution in [0.1, 0.15) is 23.1 Å². The molecule has 5 heteroatoms. The van der Waals surface area contributed by atoms with Gasteiger partial charge in [-0.2, -0.15) is 0 Å². The summed E-state index contributed by atoms with van der Waals surface area (Å²) in [6, 6.07) is 10.2. The molecule has 1 aromatic carbocycles. The molecule has 0 saturated carbocycles. The second kappa shape index (κ2) is 5.63. The summed E-state index contributed by atoms with van der Waals surface area (Å²) in [5.41, 5.74) is 6.00. The second-order valence-corrected chi connectivity index (χ2v) is 5.26. The van der Waals surface area contributed by atoms with Crippen LogP contribution in [-0.2, 0) is 13.5 Å². The predicted octanol–water partition coefficient (Wildman–Crippen LogP) is 2.02. The Labute approximate surface area is 123 Å². The van der Waals surface area contributed by atoms with Gasteiger partial charge in [0, 0.05) is 31.2 Å². The Morgan fingerprint density at radius 3 is 2.86 bits per heavy atom. The third kappa shape index (κ3) is 2.66. The molecule has 21 heavy (non-hydrogen) atoms. The maximum Gasteiger partial charge on any atom is 0.110 e. The molecule has 1 atom stereocenters. The summed E-state index contributed by atoms with van der Waals surface area (Å²) in [6.07, 6.45) is 4.43. The molecule has 0 aliphatic carbocycles. The smallest absolute Gasteiger partial charge is 0.110 e. The van der Waals surface area contributed by atoms with Gasteiger partial charge in [-0.25, -0.2) is 4.98 Å². The minimum atomic E-state index is -0.0607. The number of rotatable bonds is 4. The molecular weight excluding hydrogens is 262 g/mol. The molecule has 0 saturated heterocycles. The normalized spacial score (nSPS) is 12.7. The Bertz CT molecular complexity index is 762. The Morgan fingerprint density at radius 1 is 1.33 bits per heavy atom. The first-order valence-corrected chi connectivity index (χ1v) is 6.97. The number of aromatic nitrogens is 3. The molecule has 0 bridgehead atoms. The van der Waals surface area contributed by atoms with Crippen molar-refractivity contribution >= 4 is 10.9 Å². The minimum absolute atomic E-state index is 0.0607. The van der Waals surface area contributed by atoms with Crippen LogP contribution in [0.15, 0.2) is 42.7 Å². The van der Waals surface area contributed by atoms with Gasteiger partial charge in [-0.05, 0) is 24.6 Å². The molecule has 5 nitrogen and oxygen atoms in total. The Morgan fingerprint density at radius 2 is 2.14 bits per heavy atom. The van der Waals surface area contributed by atoms with E-state index in [0.29, 0.717) is 6.42 Å². The van der Waals surface area contributed by atoms with Crippen LogP contribution in [0.4, 0.5) is 0 Å². The van der Waals surface area contributed by atoms with E-state index in [1.807, 2.05) is 36.0 Å². The van der Waals surface area contributed by atoms with Crippen LogP contribution < -0.4 is 11.3 Å². The highest BCUT2D eigenvalue weighted by Gasteiger charge is 2.16. The molecule has 2 heterocycles. The van der Waals surface area contributed by atoms with Crippen molar-refractivity contribution in [1.29, 1.82) is 0 Å². The number of nitrogens with zero attached hydrogens (tertiary/aromatic N) is 3. The Kier molecular flexibility index (Phi) is 3.68. The third-order valence-corrected chi connectivity index (χ3v) is 3.81. The molecule has 0 aliphatic rings. The van der Waals surface area contributed by atoms with Crippen LogP contribution in [0.5, 0.6) is 0 Å². The number of imidazole rings is 1. The topological polar surface area (TPSA) is 68.8 Å². The number of benzene rings is 1. The number of nitrogens with two attached hydrogens (primary N) is 1. The lowest BCUT2D eigenvalue weighted by Crippen LogP contribution is -2.31. The first kappa shape index (κ1) is 13.7. The highest BCUT2D eigenvalue weighted by molar-refractivity contribution is 5.82. The van der Waals surface area contributed by atoms with Crippen LogP contribution in [0.2, 0.25) is 0 Å². The molecular formula is C16H19N5. The zero-order chi connectivity index (χ0) is 14.8. The molecule has 3 rings (SSSR count). The van der Waals surface area contributed by atoms with Gasteiger partial charge < -0.3 is 4.57 Å². The summed E-state index contributed by atoms with van der Waals surface area (Å²) in [5, 5.41) is 1.18. The third-order valence-electron chi connectivity index (χ3n) is 3.81. The highest BCUT2D eigenvalue weighted by Crippen LogP contribution is 2.22. The van der Waals surface area contributed by atoms with E-state index in [4.69, 9.17) is 10.8 Å². The van der Waals surface area contributed by atoms with E-state index in [-0.39, 0.29) is 6.04 Å². The van der Waals surface area contributed by atoms with Crippen molar-refractivity contribution < 1.29 is 0 Å². The Balaban J connectivity index is 1.99. The Hall–Kier alpha value is -2.24. The van der Waals surface area contributed by atoms with Gasteiger partial charge in [-0.1, -0.05) is 18.2 Å². The van der Waals surface area contributed by atoms with Crippen molar-refractivity contribution in [2.24, 2.45) is 12.9 Å². The van der Waals surface area contributed by atoms with Crippen LogP contribution in [-0.4, -0.2) is 14.5 Å². The molecule has 2 aromatic heterocycles. The van der Waals surface area contributed by atoms with Gasteiger partial charge in [-0.15, -0.1) is 0 Å². The average Bonchev–Trinajstić information content (AvgIpc) is 2.90. The van der Waals surface area contributed by atoms with E-state index in [1.54, 1.807) is 6.20 Å². The van der Waals surface area contributed by atoms with E-state index in [0.717, 1.165) is 17.0 Å².